The monoisotopic (exact) mass is 251 g/mol. The molecule has 0 spiro atoms. The van der Waals surface area contributed by atoms with E-state index in [1.54, 1.807) is 19.1 Å². The molecule has 2 rings (SSSR count). The molecule has 2 aromatic rings. The van der Waals surface area contributed by atoms with Gasteiger partial charge in [-0.2, -0.15) is 5.10 Å². The number of H-pyrrole nitrogens is 1. The lowest BCUT2D eigenvalue weighted by Crippen LogP contribution is -1.99. The highest BCUT2D eigenvalue weighted by molar-refractivity contribution is 7.71. The zero-order chi connectivity index (χ0) is 12.3. The van der Waals surface area contributed by atoms with Gasteiger partial charge in [0.1, 0.15) is 4.64 Å². The molecule has 0 fully saturated rings. The van der Waals surface area contributed by atoms with Crippen molar-refractivity contribution in [1.82, 2.24) is 15.2 Å². The summed E-state index contributed by atoms with van der Waals surface area (Å²) in [6, 6.07) is 4.84. The summed E-state index contributed by atoms with van der Waals surface area (Å²) in [6.45, 7) is 2.13. The first-order valence-corrected chi connectivity index (χ1v) is 5.46. The number of nitrogens with one attached hydrogen (secondary N) is 1. The molecule has 0 saturated heterocycles. The van der Waals surface area contributed by atoms with Crippen LogP contribution in [0.1, 0.15) is 6.92 Å². The Bertz CT molecular complexity index is 565. The van der Waals surface area contributed by atoms with E-state index in [0.717, 1.165) is 0 Å². The van der Waals surface area contributed by atoms with Crippen LogP contribution in [0.5, 0.6) is 5.88 Å². The fraction of sp³-hybridized carbons (Fsp3) is 0.182. The maximum Gasteiger partial charge on any atom is 0.251 e. The molecule has 17 heavy (non-hydrogen) atoms. The summed E-state index contributed by atoms with van der Waals surface area (Å²) in [6.07, 6.45) is 1.48. The molecule has 0 aliphatic rings. The standard InChI is InChI=1S/C11H10FN3OS/c1-2-16-11-10(12)7(5-6-13-11)8-3-4-9(17)15-14-8/h3-6H,2H2,1H3,(H,15,17). The van der Waals surface area contributed by atoms with Gasteiger partial charge in [0.05, 0.1) is 12.3 Å². The van der Waals surface area contributed by atoms with Crippen molar-refractivity contribution in [3.63, 3.8) is 0 Å². The van der Waals surface area contributed by atoms with Gasteiger partial charge in [0, 0.05) is 11.8 Å². The minimum Gasteiger partial charge on any atom is -0.476 e. The highest BCUT2D eigenvalue weighted by atomic mass is 32.1. The van der Waals surface area contributed by atoms with E-state index in [4.69, 9.17) is 17.0 Å². The second-order valence-corrected chi connectivity index (χ2v) is 3.66. The number of aromatic amines is 1. The fourth-order valence-electron chi connectivity index (χ4n) is 1.35. The average Bonchev–Trinajstić information content (AvgIpc) is 2.34. The smallest absolute Gasteiger partial charge is 0.251 e. The summed E-state index contributed by atoms with van der Waals surface area (Å²) < 4.78 is 19.5. The van der Waals surface area contributed by atoms with Crippen LogP contribution < -0.4 is 4.74 Å². The van der Waals surface area contributed by atoms with Crippen molar-refractivity contribution in [3.8, 4) is 17.1 Å². The van der Waals surface area contributed by atoms with Crippen LogP contribution in [0.4, 0.5) is 4.39 Å². The number of hydrogen-bond acceptors (Lipinski definition) is 4. The van der Waals surface area contributed by atoms with E-state index in [1.807, 2.05) is 0 Å². The Morgan fingerprint density at radius 1 is 1.41 bits per heavy atom. The predicted molar refractivity (Wildman–Crippen MR) is 63.8 cm³/mol. The number of ether oxygens (including phenoxy) is 1. The van der Waals surface area contributed by atoms with Gasteiger partial charge in [0.25, 0.3) is 5.88 Å². The highest BCUT2D eigenvalue weighted by Crippen LogP contribution is 2.25. The van der Waals surface area contributed by atoms with E-state index in [9.17, 15) is 4.39 Å². The molecule has 0 unspecified atom stereocenters. The maximum atomic E-state index is 14.0. The molecular weight excluding hydrogens is 241 g/mol. The maximum absolute atomic E-state index is 14.0. The summed E-state index contributed by atoms with van der Waals surface area (Å²) in [7, 11) is 0. The van der Waals surface area contributed by atoms with Gasteiger partial charge in [-0.05, 0) is 25.1 Å². The molecule has 0 aliphatic carbocycles. The number of halogens is 1. The molecule has 0 amide bonds. The lowest BCUT2D eigenvalue weighted by Gasteiger charge is -2.06. The van der Waals surface area contributed by atoms with Crippen LogP contribution in [-0.4, -0.2) is 21.8 Å². The van der Waals surface area contributed by atoms with Crippen molar-refractivity contribution < 1.29 is 9.13 Å². The van der Waals surface area contributed by atoms with Crippen molar-refractivity contribution >= 4 is 12.2 Å². The summed E-state index contributed by atoms with van der Waals surface area (Å²) in [5.41, 5.74) is 0.786. The first-order valence-electron chi connectivity index (χ1n) is 5.05. The minimum atomic E-state index is -0.521. The van der Waals surface area contributed by atoms with Crippen LogP contribution in [0.25, 0.3) is 11.3 Å². The first-order chi connectivity index (χ1) is 8.22. The quantitative estimate of drug-likeness (QED) is 0.852. The van der Waals surface area contributed by atoms with E-state index in [0.29, 0.717) is 22.5 Å². The number of aromatic nitrogens is 3. The SMILES string of the molecule is CCOc1nccc(-c2ccc(=S)[nH]n2)c1F. The Morgan fingerprint density at radius 2 is 2.24 bits per heavy atom. The van der Waals surface area contributed by atoms with Crippen molar-refractivity contribution in [2.24, 2.45) is 0 Å². The topological polar surface area (TPSA) is 50.8 Å². The number of rotatable bonds is 3. The molecule has 0 saturated carbocycles. The fourth-order valence-corrected chi connectivity index (χ4v) is 1.47. The van der Waals surface area contributed by atoms with Gasteiger partial charge in [-0.1, -0.05) is 12.2 Å². The molecule has 0 aliphatic heterocycles. The summed E-state index contributed by atoms with van der Waals surface area (Å²) in [4.78, 5) is 3.82. The normalized spacial score (nSPS) is 10.2. The van der Waals surface area contributed by atoms with Gasteiger partial charge in [-0.3, -0.25) is 5.10 Å². The van der Waals surface area contributed by atoms with Crippen LogP contribution in [0, 0.1) is 10.5 Å². The molecule has 6 heteroatoms. The van der Waals surface area contributed by atoms with Crippen molar-refractivity contribution in [2.45, 2.75) is 6.92 Å². The third-order valence-electron chi connectivity index (χ3n) is 2.09. The van der Waals surface area contributed by atoms with Gasteiger partial charge in [0.2, 0.25) is 0 Å². The average molecular weight is 251 g/mol. The zero-order valence-corrected chi connectivity index (χ0v) is 9.92. The number of nitrogens with zero attached hydrogens (tertiary/aromatic N) is 2. The second kappa shape index (κ2) is 5.01. The van der Waals surface area contributed by atoms with Gasteiger partial charge in [-0.15, -0.1) is 0 Å². The predicted octanol–water partition coefficient (Wildman–Crippen LogP) is 2.74. The molecule has 2 aromatic heterocycles. The third kappa shape index (κ3) is 2.47. The molecule has 0 atom stereocenters. The van der Waals surface area contributed by atoms with E-state index in [2.05, 4.69) is 15.2 Å². The number of pyridine rings is 1. The van der Waals surface area contributed by atoms with Crippen LogP contribution in [0.3, 0.4) is 0 Å². The van der Waals surface area contributed by atoms with Gasteiger partial charge in [-0.25, -0.2) is 9.37 Å². The van der Waals surface area contributed by atoms with E-state index in [1.165, 1.54) is 12.3 Å². The minimum absolute atomic E-state index is 0.0192. The van der Waals surface area contributed by atoms with E-state index >= 15 is 0 Å². The highest BCUT2D eigenvalue weighted by Gasteiger charge is 2.12. The summed E-state index contributed by atoms with van der Waals surface area (Å²) in [5.74, 6) is -0.540. The van der Waals surface area contributed by atoms with Crippen LogP contribution in [-0.2, 0) is 0 Å². The van der Waals surface area contributed by atoms with E-state index in [-0.39, 0.29) is 5.88 Å². The summed E-state index contributed by atoms with van der Waals surface area (Å²) >= 11 is 4.87. The van der Waals surface area contributed by atoms with Gasteiger partial charge >= 0.3 is 0 Å². The Labute approximate surface area is 102 Å². The van der Waals surface area contributed by atoms with Crippen LogP contribution in [0.2, 0.25) is 0 Å². The summed E-state index contributed by atoms with van der Waals surface area (Å²) in [5, 5.41) is 6.57. The molecule has 0 aromatic carbocycles. The van der Waals surface area contributed by atoms with E-state index < -0.39 is 5.82 Å². The molecular formula is C11H10FN3OS. The molecule has 4 nitrogen and oxygen atoms in total. The van der Waals surface area contributed by atoms with Gasteiger partial charge in [0.15, 0.2) is 5.82 Å². The third-order valence-corrected chi connectivity index (χ3v) is 2.32. The number of hydrogen-bond donors (Lipinski definition) is 1. The van der Waals surface area contributed by atoms with Crippen molar-refractivity contribution in [3.05, 3.63) is 34.9 Å². The largest absolute Gasteiger partial charge is 0.476 e. The first kappa shape index (κ1) is 11.7. The van der Waals surface area contributed by atoms with Crippen molar-refractivity contribution in [1.29, 1.82) is 0 Å². The molecule has 1 N–H and O–H groups in total. The van der Waals surface area contributed by atoms with Crippen LogP contribution >= 0.6 is 12.2 Å². The molecule has 2 heterocycles. The molecule has 0 bridgehead atoms. The molecule has 0 radical (unpaired) electrons. The lowest BCUT2D eigenvalue weighted by molar-refractivity contribution is 0.308. The Hall–Kier alpha value is -1.82. The molecule has 88 valence electrons. The Morgan fingerprint density at radius 3 is 2.88 bits per heavy atom. The zero-order valence-electron chi connectivity index (χ0n) is 9.11. The van der Waals surface area contributed by atoms with Gasteiger partial charge < -0.3 is 4.74 Å². The lowest BCUT2D eigenvalue weighted by atomic mass is 10.2. The Balaban J connectivity index is 2.48. The van der Waals surface area contributed by atoms with Crippen LogP contribution in [0.15, 0.2) is 24.4 Å². The second-order valence-electron chi connectivity index (χ2n) is 3.22. The van der Waals surface area contributed by atoms with Crippen molar-refractivity contribution in [2.75, 3.05) is 6.61 Å². The Kier molecular flexibility index (Phi) is 3.43.